The summed E-state index contributed by atoms with van der Waals surface area (Å²) >= 11 is 5.89. The minimum atomic E-state index is -0.377. The second-order valence-corrected chi connectivity index (χ2v) is 3.43. The van der Waals surface area contributed by atoms with Crippen molar-refractivity contribution in [1.29, 1.82) is 0 Å². The molecular formula is C9H8ClN3O. The highest BCUT2D eigenvalue weighted by atomic mass is 35.5. The van der Waals surface area contributed by atoms with Gasteiger partial charge in [0.15, 0.2) is 0 Å². The Hall–Kier alpha value is -1.55. The number of primary amides is 1. The summed E-state index contributed by atoms with van der Waals surface area (Å²) in [6.07, 6.45) is 3.46. The van der Waals surface area contributed by atoms with Gasteiger partial charge in [-0.1, -0.05) is 11.6 Å². The molecule has 72 valence electrons. The minimum absolute atomic E-state index is 0.185. The van der Waals surface area contributed by atoms with E-state index < -0.39 is 0 Å². The summed E-state index contributed by atoms with van der Waals surface area (Å²) < 4.78 is 0. The number of hydrogen-bond donors (Lipinski definition) is 2. The molecule has 0 fully saturated rings. The third kappa shape index (κ3) is 1.56. The van der Waals surface area contributed by atoms with E-state index >= 15 is 0 Å². The van der Waals surface area contributed by atoms with Gasteiger partial charge in [-0.2, -0.15) is 0 Å². The monoisotopic (exact) mass is 209 g/mol. The first-order valence-corrected chi connectivity index (χ1v) is 4.44. The van der Waals surface area contributed by atoms with Crippen LogP contribution in [-0.4, -0.2) is 15.9 Å². The molecule has 0 atom stereocenters. The van der Waals surface area contributed by atoms with Gasteiger partial charge < -0.3 is 10.7 Å². The van der Waals surface area contributed by atoms with Crippen LogP contribution in [0.2, 0.25) is 5.02 Å². The molecule has 0 saturated heterocycles. The van der Waals surface area contributed by atoms with Crippen LogP contribution in [0.1, 0.15) is 5.56 Å². The van der Waals surface area contributed by atoms with E-state index in [1.54, 1.807) is 12.4 Å². The molecule has 0 aliphatic rings. The average molecular weight is 210 g/mol. The number of nitrogens with zero attached hydrogens (tertiary/aromatic N) is 1. The van der Waals surface area contributed by atoms with Crippen molar-refractivity contribution in [2.24, 2.45) is 5.73 Å². The number of nitrogens with one attached hydrogen (secondary N) is 1. The van der Waals surface area contributed by atoms with Crippen LogP contribution in [0.5, 0.6) is 0 Å². The first-order valence-electron chi connectivity index (χ1n) is 4.06. The van der Waals surface area contributed by atoms with E-state index in [1.807, 2.05) is 6.07 Å². The van der Waals surface area contributed by atoms with Crippen molar-refractivity contribution in [3.05, 3.63) is 29.0 Å². The van der Waals surface area contributed by atoms with Crippen molar-refractivity contribution in [2.75, 3.05) is 0 Å². The van der Waals surface area contributed by atoms with Crippen LogP contribution in [-0.2, 0) is 11.2 Å². The normalized spacial score (nSPS) is 10.6. The summed E-state index contributed by atoms with van der Waals surface area (Å²) in [6, 6.07) is 1.81. The molecule has 5 heteroatoms. The first-order chi connectivity index (χ1) is 6.66. The van der Waals surface area contributed by atoms with Crippen molar-refractivity contribution < 1.29 is 4.79 Å². The van der Waals surface area contributed by atoms with E-state index in [1.165, 1.54) is 0 Å². The number of carbonyl (C=O) groups is 1. The SMILES string of the molecule is NC(=O)Cc1cnc2[nH]cc(Cl)c2c1. The largest absolute Gasteiger partial charge is 0.369 e. The lowest BCUT2D eigenvalue weighted by Gasteiger charge is -1.97. The predicted molar refractivity (Wildman–Crippen MR) is 54.0 cm³/mol. The zero-order chi connectivity index (χ0) is 10.1. The summed E-state index contributed by atoms with van der Waals surface area (Å²) in [5.41, 5.74) is 6.56. The summed E-state index contributed by atoms with van der Waals surface area (Å²) in [5, 5.41) is 1.41. The highest BCUT2D eigenvalue weighted by Gasteiger charge is 2.05. The minimum Gasteiger partial charge on any atom is -0.369 e. The topological polar surface area (TPSA) is 71.8 Å². The van der Waals surface area contributed by atoms with Crippen LogP contribution in [0, 0.1) is 0 Å². The van der Waals surface area contributed by atoms with Crippen LogP contribution in [0.3, 0.4) is 0 Å². The molecule has 0 bridgehead atoms. The maximum Gasteiger partial charge on any atom is 0.221 e. The van der Waals surface area contributed by atoms with Crippen LogP contribution in [0.4, 0.5) is 0 Å². The maximum atomic E-state index is 10.7. The van der Waals surface area contributed by atoms with Crippen molar-refractivity contribution in [1.82, 2.24) is 9.97 Å². The van der Waals surface area contributed by atoms with Crippen LogP contribution in [0.25, 0.3) is 11.0 Å². The van der Waals surface area contributed by atoms with Gasteiger partial charge in [-0.25, -0.2) is 4.98 Å². The van der Waals surface area contributed by atoms with Crippen molar-refractivity contribution in [3.8, 4) is 0 Å². The van der Waals surface area contributed by atoms with E-state index in [0.717, 1.165) is 10.9 Å². The molecule has 2 aromatic heterocycles. The van der Waals surface area contributed by atoms with E-state index in [-0.39, 0.29) is 12.3 Å². The molecule has 2 heterocycles. The van der Waals surface area contributed by atoms with E-state index in [0.29, 0.717) is 10.7 Å². The lowest BCUT2D eigenvalue weighted by Crippen LogP contribution is -2.13. The van der Waals surface area contributed by atoms with Crippen molar-refractivity contribution in [2.45, 2.75) is 6.42 Å². The quantitative estimate of drug-likeness (QED) is 0.781. The molecule has 0 aliphatic heterocycles. The Morgan fingerprint density at radius 1 is 1.64 bits per heavy atom. The van der Waals surface area contributed by atoms with Crippen LogP contribution in [0.15, 0.2) is 18.5 Å². The number of H-pyrrole nitrogens is 1. The van der Waals surface area contributed by atoms with Gasteiger partial charge in [-0.3, -0.25) is 4.79 Å². The highest BCUT2D eigenvalue weighted by molar-refractivity contribution is 6.35. The van der Waals surface area contributed by atoms with E-state index in [2.05, 4.69) is 9.97 Å². The molecule has 0 aromatic carbocycles. The zero-order valence-corrected chi connectivity index (χ0v) is 8.01. The smallest absolute Gasteiger partial charge is 0.221 e. The van der Waals surface area contributed by atoms with Gasteiger partial charge in [0.1, 0.15) is 5.65 Å². The Kier molecular flexibility index (Phi) is 2.13. The molecule has 4 nitrogen and oxygen atoms in total. The fraction of sp³-hybridized carbons (Fsp3) is 0.111. The molecule has 0 saturated carbocycles. The zero-order valence-electron chi connectivity index (χ0n) is 7.25. The lowest BCUT2D eigenvalue weighted by molar-refractivity contribution is -0.117. The fourth-order valence-corrected chi connectivity index (χ4v) is 1.51. The van der Waals surface area contributed by atoms with E-state index in [4.69, 9.17) is 17.3 Å². The molecule has 1 amide bonds. The second kappa shape index (κ2) is 3.31. The Morgan fingerprint density at radius 2 is 2.43 bits per heavy atom. The molecular weight excluding hydrogens is 202 g/mol. The maximum absolute atomic E-state index is 10.7. The number of hydrogen-bond acceptors (Lipinski definition) is 2. The Balaban J connectivity index is 2.49. The number of halogens is 1. The third-order valence-corrected chi connectivity index (χ3v) is 2.23. The lowest BCUT2D eigenvalue weighted by atomic mass is 10.2. The molecule has 2 aromatic rings. The summed E-state index contributed by atoms with van der Waals surface area (Å²) in [6.45, 7) is 0. The van der Waals surface area contributed by atoms with Crippen LogP contribution < -0.4 is 5.73 Å². The fourth-order valence-electron chi connectivity index (χ4n) is 1.31. The molecule has 0 unspecified atom stereocenters. The highest BCUT2D eigenvalue weighted by Crippen LogP contribution is 2.21. The summed E-state index contributed by atoms with van der Waals surface area (Å²) in [7, 11) is 0. The number of fused-ring (bicyclic) bond motifs is 1. The molecule has 0 spiro atoms. The molecule has 2 rings (SSSR count). The predicted octanol–water partition coefficient (Wildman–Crippen LogP) is 1.24. The Bertz CT molecular complexity index is 492. The van der Waals surface area contributed by atoms with E-state index in [9.17, 15) is 4.79 Å². The van der Waals surface area contributed by atoms with Gasteiger partial charge in [0.25, 0.3) is 0 Å². The van der Waals surface area contributed by atoms with Gasteiger partial charge in [0, 0.05) is 17.8 Å². The molecule has 0 radical (unpaired) electrons. The number of aromatic nitrogens is 2. The number of carbonyl (C=O) groups excluding carboxylic acids is 1. The number of aromatic amines is 1. The average Bonchev–Trinajstić information content (AvgIpc) is 2.47. The van der Waals surface area contributed by atoms with Crippen LogP contribution >= 0.6 is 11.6 Å². The number of rotatable bonds is 2. The molecule has 3 N–H and O–H groups in total. The number of pyridine rings is 1. The van der Waals surface area contributed by atoms with Gasteiger partial charge in [-0.15, -0.1) is 0 Å². The summed E-state index contributed by atoms with van der Waals surface area (Å²) in [5.74, 6) is -0.377. The molecule has 0 aliphatic carbocycles. The molecule has 14 heavy (non-hydrogen) atoms. The van der Waals surface area contributed by atoms with Crippen molar-refractivity contribution >= 4 is 28.5 Å². The number of amides is 1. The first kappa shape index (κ1) is 9.02. The Labute approximate surface area is 85.1 Å². The van der Waals surface area contributed by atoms with Gasteiger partial charge in [0.2, 0.25) is 5.91 Å². The summed E-state index contributed by atoms with van der Waals surface area (Å²) in [4.78, 5) is 17.7. The Morgan fingerprint density at radius 3 is 3.14 bits per heavy atom. The van der Waals surface area contributed by atoms with Gasteiger partial charge in [0.05, 0.1) is 11.4 Å². The second-order valence-electron chi connectivity index (χ2n) is 3.02. The van der Waals surface area contributed by atoms with Gasteiger partial charge >= 0.3 is 0 Å². The standard InChI is InChI=1S/C9H8ClN3O/c10-7-4-13-9-6(7)1-5(3-12-9)2-8(11)14/h1,3-4H,2H2,(H2,11,14)(H,12,13). The van der Waals surface area contributed by atoms with Gasteiger partial charge in [-0.05, 0) is 11.6 Å². The number of nitrogens with two attached hydrogens (primary N) is 1. The van der Waals surface area contributed by atoms with Crippen molar-refractivity contribution in [3.63, 3.8) is 0 Å². The third-order valence-electron chi connectivity index (χ3n) is 1.92.